The van der Waals surface area contributed by atoms with Gasteiger partial charge in [-0.1, -0.05) is 12.1 Å². The number of likely N-dealkylation sites (tertiary alicyclic amines) is 1. The number of aromatic nitrogens is 3. The SMILES string of the molecule is CC1CCN(C(=O)c2nc(-c3ccnc(N4CCOCC4)c3)no2)CC1. The molecule has 2 fully saturated rings. The fourth-order valence-corrected chi connectivity index (χ4v) is 3.30. The van der Waals surface area contributed by atoms with Crippen LogP contribution in [0.5, 0.6) is 0 Å². The van der Waals surface area contributed by atoms with Gasteiger partial charge in [-0.25, -0.2) is 4.98 Å². The molecule has 0 bridgehead atoms. The quantitative estimate of drug-likeness (QED) is 0.828. The zero-order valence-electron chi connectivity index (χ0n) is 14.9. The molecule has 4 rings (SSSR count). The Labute approximate surface area is 152 Å². The number of anilines is 1. The molecule has 0 N–H and O–H groups in total. The molecule has 2 aromatic rings. The van der Waals surface area contributed by atoms with Crippen molar-refractivity contribution in [2.45, 2.75) is 19.8 Å². The minimum atomic E-state index is -0.182. The Morgan fingerprint density at radius 2 is 1.96 bits per heavy atom. The highest BCUT2D eigenvalue weighted by Gasteiger charge is 2.26. The number of nitrogens with zero attached hydrogens (tertiary/aromatic N) is 5. The highest BCUT2D eigenvalue weighted by molar-refractivity contribution is 5.90. The van der Waals surface area contributed by atoms with Crippen LogP contribution < -0.4 is 4.90 Å². The van der Waals surface area contributed by atoms with E-state index in [0.29, 0.717) is 25.0 Å². The second-order valence-corrected chi connectivity index (χ2v) is 6.90. The molecule has 8 nitrogen and oxygen atoms in total. The average molecular weight is 357 g/mol. The van der Waals surface area contributed by atoms with Crippen LogP contribution >= 0.6 is 0 Å². The van der Waals surface area contributed by atoms with Crippen LogP contribution in [0, 0.1) is 5.92 Å². The van der Waals surface area contributed by atoms with E-state index in [1.165, 1.54) is 0 Å². The summed E-state index contributed by atoms with van der Waals surface area (Å²) < 4.78 is 10.6. The van der Waals surface area contributed by atoms with Gasteiger partial charge in [0.1, 0.15) is 5.82 Å². The van der Waals surface area contributed by atoms with Crippen LogP contribution in [-0.2, 0) is 4.74 Å². The van der Waals surface area contributed by atoms with Crippen LogP contribution in [0.1, 0.15) is 30.5 Å². The Balaban J connectivity index is 1.50. The maximum absolute atomic E-state index is 12.6. The van der Waals surface area contributed by atoms with Crippen molar-refractivity contribution >= 4 is 11.7 Å². The van der Waals surface area contributed by atoms with Crippen molar-refractivity contribution in [2.75, 3.05) is 44.3 Å². The molecule has 0 aliphatic carbocycles. The van der Waals surface area contributed by atoms with Crippen molar-refractivity contribution in [3.63, 3.8) is 0 Å². The van der Waals surface area contributed by atoms with Crippen molar-refractivity contribution in [3.8, 4) is 11.4 Å². The molecule has 138 valence electrons. The van der Waals surface area contributed by atoms with Crippen LogP contribution in [-0.4, -0.2) is 65.3 Å². The van der Waals surface area contributed by atoms with Crippen molar-refractivity contribution in [2.24, 2.45) is 5.92 Å². The fraction of sp³-hybridized carbons (Fsp3) is 0.556. The summed E-state index contributed by atoms with van der Waals surface area (Å²) in [6.45, 7) is 6.70. The molecule has 0 unspecified atom stereocenters. The fourth-order valence-electron chi connectivity index (χ4n) is 3.30. The number of morpholine rings is 1. The summed E-state index contributed by atoms with van der Waals surface area (Å²) in [7, 11) is 0. The van der Waals surface area contributed by atoms with E-state index in [0.717, 1.165) is 50.4 Å². The van der Waals surface area contributed by atoms with Gasteiger partial charge in [0, 0.05) is 37.9 Å². The Kier molecular flexibility index (Phi) is 4.83. The van der Waals surface area contributed by atoms with E-state index in [2.05, 4.69) is 26.9 Å². The third kappa shape index (κ3) is 3.55. The molecular formula is C18H23N5O3. The molecule has 1 amide bonds. The number of carbonyl (C=O) groups excluding carboxylic acids is 1. The first-order chi connectivity index (χ1) is 12.7. The van der Waals surface area contributed by atoms with Gasteiger partial charge >= 0.3 is 11.8 Å². The lowest BCUT2D eigenvalue weighted by atomic mass is 9.99. The number of hydrogen-bond acceptors (Lipinski definition) is 7. The van der Waals surface area contributed by atoms with Crippen LogP contribution in [0.2, 0.25) is 0 Å². The van der Waals surface area contributed by atoms with Gasteiger partial charge in [0.15, 0.2) is 0 Å². The Hall–Kier alpha value is -2.48. The smallest absolute Gasteiger partial charge is 0.316 e. The predicted octanol–water partition coefficient (Wildman–Crippen LogP) is 1.84. The summed E-state index contributed by atoms with van der Waals surface area (Å²) in [4.78, 5) is 25.3. The summed E-state index contributed by atoms with van der Waals surface area (Å²) in [6, 6.07) is 3.75. The zero-order chi connectivity index (χ0) is 17.9. The molecule has 4 heterocycles. The van der Waals surface area contributed by atoms with Crippen LogP contribution in [0.15, 0.2) is 22.9 Å². The molecule has 2 saturated heterocycles. The zero-order valence-corrected chi connectivity index (χ0v) is 14.9. The molecule has 2 aliphatic rings. The topological polar surface area (TPSA) is 84.6 Å². The third-order valence-electron chi connectivity index (χ3n) is 5.02. The minimum Gasteiger partial charge on any atom is -0.378 e. The third-order valence-corrected chi connectivity index (χ3v) is 5.02. The van der Waals surface area contributed by atoms with Crippen LogP contribution in [0.4, 0.5) is 5.82 Å². The Morgan fingerprint density at radius 3 is 2.73 bits per heavy atom. The second-order valence-electron chi connectivity index (χ2n) is 6.90. The molecule has 0 spiro atoms. The van der Waals surface area contributed by atoms with Crippen molar-refractivity contribution in [3.05, 3.63) is 24.2 Å². The first-order valence-electron chi connectivity index (χ1n) is 9.13. The van der Waals surface area contributed by atoms with E-state index < -0.39 is 0 Å². The lowest BCUT2D eigenvalue weighted by molar-refractivity contribution is 0.0647. The predicted molar refractivity (Wildman–Crippen MR) is 94.9 cm³/mol. The van der Waals surface area contributed by atoms with E-state index in [9.17, 15) is 4.79 Å². The molecule has 8 heteroatoms. The number of ether oxygens (including phenoxy) is 1. The molecule has 0 radical (unpaired) electrons. The maximum atomic E-state index is 12.6. The Bertz CT molecular complexity index is 764. The van der Waals surface area contributed by atoms with Gasteiger partial charge in [-0.2, -0.15) is 4.98 Å². The van der Waals surface area contributed by atoms with Crippen LogP contribution in [0.25, 0.3) is 11.4 Å². The Morgan fingerprint density at radius 1 is 1.19 bits per heavy atom. The van der Waals surface area contributed by atoms with Crippen LogP contribution in [0.3, 0.4) is 0 Å². The van der Waals surface area contributed by atoms with E-state index in [1.807, 2.05) is 12.1 Å². The lowest BCUT2D eigenvalue weighted by Gasteiger charge is -2.28. The number of rotatable bonds is 3. The van der Waals surface area contributed by atoms with Gasteiger partial charge in [0.05, 0.1) is 13.2 Å². The van der Waals surface area contributed by atoms with Gasteiger partial charge in [-0.3, -0.25) is 4.79 Å². The molecule has 2 aliphatic heterocycles. The monoisotopic (exact) mass is 357 g/mol. The first kappa shape index (κ1) is 17.0. The van der Waals surface area contributed by atoms with Gasteiger partial charge in [-0.15, -0.1) is 0 Å². The first-order valence-corrected chi connectivity index (χ1v) is 9.13. The van der Waals surface area contributed by atoms with Gasteiger partial charge in [0.2, 0.25) is 5.82 Å². The number of amides is 1. The van der Waals surface area contributed by atoms with Crippen molar-refractivity contribution in [1.29, 1.82) is 0 Å². The molecule has 26 heavy (non-hydrogen) atoms. The minimum absolute atomic E-state index is 0.0549. The van der Waals surface area contributed by atoms with E-state index in [-0.39, 0.29) is 11.8 Å². The lowest BCUT2D eigenvalue weighted by Crippen LogP contribution is -2.38. The maximum Gasteiger partial charge on any atom is 0.316 e. The number of piperidine rings is 1. The summed E-state index contributed by atoms with van der Waals surface area (Å²) in [5, 5.41) is 4.00. The molecule has 0 aromatic carbocycles. The molecular weight excluding hydrogens is 334 g/mol. The molecule has 2 aromatic heterocycles. The summed E-state index contributed by atoms with van der Waals surface area (Å²) in [5.74, 6) is 1.80. The number of hydrogen-bond donors (Lipinski definition) is 0. The van der Waals surface area contributed by atoms with E-state index >= 15 is 0 Å². The average Bonchev–Trinajstić information content (AvgIpc) is 3.19. The van der Waals surface area contributed by atoms with Gasteiger partial charge < -0.3 is 19.1 Å². The highest BCUT2D eigenvalue weighted by Crippen LogP contribution is 2.22. The summed E-state index contributed by atoms with van der Waals surface area (Å²) >= 11 is 0. The standard InChI is InChI=1S/C18H23N5O3/c1-13-3-6-23(7-4-13)18(24)17-20-16(21-26-17)14-2-5-19-15(12-14)22-8-10-25-11-9-22/h2,5,12-13H,3-4,6-11H2,1H3. The highest BCUT2D eigenvalue weighted by atomic mass is 16.5. The van der Waals surface area contributed by atoms with Gasteiger partial charge in [-0.05, 0) is 30.9 Å². The second kappa shape index (κ2) is 7.41. The normalized spacial score (nSPS) is 19.0. The number of carbonyl (C=O) groups is 1. The molecule has 0 saturated carbocycles. The van der Waals surface area contributed by atoms with E-state index in [4.69, 9.17) is 9.26 Å². The van der Waals surface area contributed by atoms with Crippen molar-refractivity contribution in [1.82, 2.24) is 20.0 Å². The molecule has 0 atom stereocenters. The largest absolute Gasteiger partial charge is 0.378 e. The summed E-state index contributed by atoms with van der Waals surface area (Å²) in [6.07, 6.45) is 3.75. The van der Waals surface area contributed by atoms with Gasteiger partial charge in [0.25, 0.3) is 0 Å². The van der Waals surface area contributed by atoms with E-state index in [1.54, 1.807) is 11.1 Å². The number of pyridine rings is 1. The summed E-state index contributed by atoms with van der Waals surface area (Å²) in [5.41, 5.74) is 0.788. The van der Waals surface area contributed by atoms with Crippen molar-refractivity contribution < 1.29 is 14.1 Å².